The minimum Gasteiger partial charge on any atom is -0.456 e. The van der Waals surface area contributed by atoms with Crippen LogP contribution in [0.5, 0.6) is 0 Å². The summed E-state index contributed by atoms with van der Waals surface area (Å²) in [6.07, 6.45) is 0. The summed E-state index contributed by atoms with van der Waals surface area (Å²) in [5, 5.41) is 12.7. The average molecular weight is 668 g/mol. The van der Waals surface area contributed by atoms with Crippen molar-refractivity contribution >= 4 is 81.6 Å². The van der Waals surface area contributed by atoms with Crippen molar-refractivity contribution in [3.05, 3.63) is 151 Å². The molecule has 8 aromatic carbocycles. The lowest BCUT2D eigenvalue weighted by atomic mass is 9.95. The molecule has 11 rings (SSSR count). The predicted octanol–water partition coefficient (Wildman–Crippen LogP) is 14.6. The largest absolute Gasteiger partial charge is 0.456 e. The Morgan fingerprint density at radius 3 is 1.50 bits per heavy atom. The van der Waals surface area contributed by atoms with Gasteiger partial charge in [0.05, 0.1) is 16.6 Å². The summed E-state index contributed by atoms with van der Waals surface area (Å²) >= 11 is 0. The van der Waals surface area contributed by atoms with Crippen molar-refractivity contribution in [2.45, 2.75) is 39.5 Å². The van der Waals surface area contributed by atoms with Crippen LogP contribution in [0.25, 0.3) is 104 Å². The highest BCUT2D eigenvalue weighted by Gasteiger charge is 2.21. The zero-order valence-corrected chi connectivity index (χ0v) is 29.8. The molecule has 0 saturated heterocycles. The number of para-hydroxylation sites is 1. The normalized spacial score (nSPS) is 12.6. The smallest absolute Gasteiger partial charge is 0.135 e. The molecule has 0 aliphatic heterocycles. The van der Waals surface area contributed by atoms with Crippen LogP contribution >= 0.6 is 0 Å². The van der Waals surface area contributed by atoms with E-state index in [1.807, 2.05) is 12.1 Å². The Hall–Kier alpha value is -6.12. The minimum absolute atomic E-state index is 0.485. The molecule has 0 unspecified atom stereocenters. The molecule has 3 heterocycles. The fourth-order valence-corrected chi connectivity index (χ4v) is 8.71. The van der Waals surface area contributed by atoms with E-state index in [9.17, 15) is 0 Å². The summed E-state index contributed by atoms with van der Waals surface area (Å²) in [5.41, 5.74) is 13.3. The lowest BCUT2D eigenvalue weighted by molar-refractivity contribution is 0.669. The quantitative estimate of drug-likeness (QED) is 0.183. The zero-order chi connectivity index (χ0) is 34.8. The van der Waals surface area contributed by atoms with Gasteiger partial charge in [0.2, 0.25) is 0 Å². The van der Waals surface area contributed by atoms with Crippen molar-refractivity contribution in [2.75, 3.05) is 0 Å². The molecule has 2 nitrogen and oxygen atoms in total. The van der Waals surface area contributed by atoms with Crippen molar-refractivity contribution in [1.29, 1.82) is 0 Å². The van der Waals surface area contributed by atoms with Crippen LogP contribution in [-0.4, -0.2) is 4.40 Å². The molecular formula is C50H37NO. The third-order valence-corrected chi connectivity index (χ3v) is 11.6. The maximum absolute atomic E-state index is 6.11. The van der Waals surface area contributed by atoms with Gasteiger partial charge < -0.3 is 8.82 Å². The van der Waals surface area contributed by atoms with E-state index in [2.05, 4.69) is 159 Å². The summed E-state index contributed by atoms with van der Waals surface area (Å²) in [5.74, 6) is 0.970. The number of fused-ring (bicyclic) bond motifs is 11. The van der Waals surface area contributed by atoms with Crippen molar-refractivity contribution in [3.63, 3.8) is 0 Å². The second kappa shape index (κ2) is 10.7. The number of furan rings is 1. The molecular weight excluding hydrogens is 631 g/mol. The van der Waals surface area contributed by atoms with Crippen LogP contribution < -0.4 is 0 Å². The Kier molecular flexibility index (Phi) is 6.09. The highest BCUT2D eigenvalue weighted by Crippen LogP contribution is 2.44. The maximum Gasteiger partial charge on any atom is 0.135 e. The Labute approximate surface area is 301 Å². The van der Waals surface area contributed by atoms with E-state index in [0.29, 0.717) is 11.8 Å². The number of aromatic nitrogens is 1. The standard InChI is InChI=1S/C50H37NO/c1-28(2)32-13-15-35-26-46-41(22-37(35)19-32)44-24-39(25-45-42-23-38-20-33(29(3)4)14-16-36(38)27-47(42)51(46)50(44)45)31-11-9-30(10-12-31)34-17-18-49-43(21-34)40-7-5-6-8-48(40)52-49/h5-29H,1-4H3. The van der Waals surface area contributed by atoms with Crippen LogP contribution in [0.3, 0.4) is 0 Å². The Balaban J connectivity index is 1.14. The van der Waals surface area contributed by atoms with Gasteiger partial charge in [-0.15, -0.1) is 0 Å². The van der Waals surface area contributed by atoms with Crippen molar-refractivity contribution in [3.8, 4) is 22.3 Å². The summed E-state index contributed by atoms with van der Waals surface area (Å²) in [6.45, 7) is 9.10. The molecule has 248 valence electrons. The lowest BCUT2D eigenvalue weighted by Crippen LogP contribution is -1.88. The van der Waals surface area contributed by atoms with Gasteiger partial charge in [0.15, 0.2) is 0 Å². The van der Waals surface area contributed by atoms with Crippen LogP contribution in [0.4, 0.5) is 0 Å². The number of nitrogens with zero attached hydrogens (tertiary/aromatic N) is 1. The highest BCUT2D eigenvalue weighted by molar-refractivity contribution is 6.27. The summed E-state index contributed by atoms with van der Waals surface area (Å²) in [4.78, 5) is 0. The predicted molar refractivity (Wildman–Crippen MR) is 222 cm³/mol. The first-order valence-corrected chi connectivity index (χ1v) is 18.5. The number of hydrogen-bond acceptors (Lipinski definition) is 1. The molecule has 0 aliphatic rings. The van der Waals surface area contributed by atoms with Gasteiger partial charge in [-0.2, -0.15) is 0 Å². The topological polar surface area (TPSA) is 17.6 Å². The highest BCUT2D eigenvalue weighted by atomic mass is 16.3. The molecule has 0 N–H and O–H groups in total. The number of hydrogen-bond donors (Lipinski definition) is 0. The zero-order valence-electron chi connectivity index (χ0n) is 29.8. The van der Waals surface area contributed by atoms with Gasteiger partial charge in [-0.3, -0.25) is 0 Å². The molecule has 3 aromatic heterocycles. The number of rotatable bonds is 4. The van der Waals surface area contributed by atoms with Gasteiger partial charge in [-0.25, -0.2) is 0 Å². The van der Waals surface area contributed by atoms with Crippen LogP contribution in [0.2, 0.25) is 0 Å². The summed E-state index contributed by atoms with van der Waals surface area (Å²) in [7, 11) is 0. The Bertz CT molecular complexity index is 3090. The Morgan fingerprint density at radius 1 is 0.385 bits per heavy atom. The third-order valence-electron chi connectivity index (χ3n) is 11.6. The summed E-state index contributed by atoms with van der Waals surface area (Å²) in [6, 6.07) is 52.4. The van der Waals surface area contributed by atoms with Gasteiger partial charge >= 0.3 is 0 Å². The van der Waals surface area contributed by atoms with Crippen LogP contribution in [0.1, 0.15) is 50.7 Å². The van der Waals surface area contributed by atoms with E-state index < -0.39 is 0 Å². The number of benzene rings is 8. The van der Waals surface area contributed by atoms with E-state index >= 15 is 0 Å². The molecule has 0 aliphatic carbocycles. The molecule has 52 heavy (non-hydrogen) atoms. The van der Waals surface area contributed by atoms with Gasteiger partial charge in [0.25, 0.3) is 0 Å². The first-order chi connectivity index (χ1) is 25.4. The third kappa shape index (κ3) is 4.24. The molecule has 0 amide bonds. The SMILES string of the molecule is CC(C)c1ccc2cc3c(cc2c1)c1cc(-c2ccc(-c4ccc5oc6ccccc6c5c4)cc2)cc2c4cc5cc(C(C)C)ccc5cc4n3c12. The van der Waals surface area contributed by atoms with E-state index in [4.69, 9.17) is 4.42 Å². The maximum atomic E-state index is 6.11. The van der Waals surface area contributed by atoms with Crippen molar-refractivity contribution in [1.82, 2.24) is 4.40 Å². The van der Waals surface area contributed by atoms with Crippen molar-refractivity contribution in [2.24, 2.45) is 0 Å². The molecule has 2 heteroatoms. The fraction of sp³-hybridized carbons (Fsp3) is 0.120. The second-order valence-corrected chi connectivity index (χ2v) is 15.4. The van der Waals surface area contributed by atoms with E-state index in [-0.39, 0.29) is 0 Å². The molecule has 0 spiro atoms. The first kappa shape index (κ1) is 29.6. The average Bonchev–Trinajstić information content (AvgIpc) is 3.81. The molecule has 0 saturated carbocycles. The molecule has 11 aromatic rings. The van der Waals surface area contributed by atoms with E-state index in [1.54, 1.807) is 0 Å². The lowest BCUT2D eigenvalue weighted by Gasteiger charge is -2.09. The monoisotopic (exact) mass is 667 g/mol. The van der Waals surface area contributed by atoms with Crippen molar-refractivity contribution < 1.29 is 4.42 Å². The van der Waals surface area contributed by atoms with Crippen LogP contribution in [0, 0.1) is 0 Å². The first-order valence-electron chi connectivity index (χ1n) is 18.5. The van der Waals surface area contributed by atoms with Gasteiger partial charge in [0.1, 0.15) is 11.2 Å². The van der Waals surface area contributed by atoms with Crippen LogP contribution in [-0.2, 0) is 0 Å². The molecule has 0 radical (unpaired) electrons. The van der Waals surface area contributed by atoms with Gasteiger partial charge in [0, 0.05) is 32.3 Å². The van der Waals surface area contributed by atoms with E-state index in [1.165, 1.54) is 93.0 Å². The molecule has 0 atom stereocenters. The van der Waals surface area contributed by atoms with Gasteiger partial charge in [-0.05, 0) is 121 Å². The Morgan fingerprint density at radius 2 is 0.904 bits per heavy atom. The van der Waals surface area contributed by atoms with E-state index in [0.717, 1.165) is 21.9 Å². The molecule has 0 bridgehead atoms. The summed E-state index contributed by atoms with van der Waals surface area (Å²) < 4.78 is 8.64. The second-order valence-electron chi connectivity index (χ2n) is 15.4. The fourth-order valence-electron chi connectivity index (χ4n) is 8.71. The minimum atomic E-state index is 0.485. The molecule has 0 fully saturated rings. The van der Waals surface area contributed by atoms with Gasteiger partial charge in [-0.1, -0.05) is 113 Å². The van der Waals surface area contributed by atoms with Crippen LogP contribution in [0.15, 0.2) is 144 Å².